The van der Waals surface area contributed by atoms with Crippen LogP contribution in [0.2, 0.25) is 0 Å². The Hall–Kier alpha value is -1.50. The summed E-state index contributed by atoms with van der Waals surface area (Å²) in [6, 6.07) is 8.63. The molecule has 2 atom stereocenters. The van der Waals surface area contributed by atoms with Crippen molar-refractivity contribution in [1.82, 2.24) is 0 Å². The van der Waals surface area contributed by atoms with Crippen molar-refractivity contribution in [3.05, 3.63) is 53.1 Å². The number of hydrogen-bond donors (Lipinski definition) is 0. The highest BCUT2D eigenvalue weighted by atomic mass is 16.5. The van der Waals surface area contributed by atoms with Crippen molar-refractivity contribution in [2.75, 3.05) is 7.11 Å². The Morgan fingerprint density at radius 1 is 1.22 bits per heavy atom. The van der Waals surface area contributed by atoms with Crippen LogP contribution in [-0.4, -0.2) is 7.11 Å². The van der Waals surface area contributed by atoms with Crippen LogP contribution in [0, 0.1) is 5.92 Å². The van der Waals surface area contributed by atoms with Gasteiger partial charge in [-0.2, -0.15) is 0 Å². The molecule has 0 aromatic heterocycles. The van der Waals surface area contributed by atoms with Crippen LogP contribution in [0.4, 0.5) is 0 Å². The minimum absolute atomic E-state index is 0.246. The molecule has 2 aliphatic rings. The smallest absolute Gasteiger partial charge is 0.118 e. The number of hydrogen-bond acceptors (Lipinski definition) is 1. The maximum absolute atomic E-state index is 5.26. The molecule has 1 nitrogen and oxygen atoms in total. The summed E-state index contributed by atoms with van der Waals surface area (Å²) in [4.78, 5) is 0. The summed E-state index contributed by atoms with van der Waals surface area (Å²) in [6.45, 7) is 4.57. The van der Waals surface area contributed by atoms with E-state index in [4.69, 9.17) is 4.74 Å². The molecule has 0 saturated carbocycles. The molecular weight excluding hydrogens is 220 g/mol. The topological polar surface area (TPSA) is 9.23 Å². The molecule has 1 aromatic carbocycles. The van der Waals surface area contributed by atoms with E-state index in [2.05, 4.69) is 50.3 Å². The number of benzene rings is 1. The fourth-order valence-corrected chi connectivity index (χ4v) is 3.60. The number of allylic oxidation sites excluding steroid dienone is 4. The Morgan fingerprint density at radius 3 is 2.61 bits per heavy atom. The van der Waals surface area contributed by atoms with Gasteiger partial charge < -0.3 is 4.74 Å². The van der Waals surface area contributed by atoms with E-state index < -0.39 is 0 Å². The Bertz CT molecular complexity index is 521. The van der Waals surface area contributed by atoms with E-state index in [9.17, 15) is 0 Å². The second-order valence-electron chi connectivity index (χ2n) is 5.66. The van der Waals surface area contributed by atoms with Crippen molar-refractivity contribution in [3.63, 3.8) is 0 Å². The van der Waals surface area contributed by atoms with E-state index in [1.807, 2.05) is 0 Å². The van der Waals surface area contributed by atoms with Gasteiger partial charge in [0.25, 0.3) is 0 Å². The first-order valence-corrected chi connectivity index (χ1v) is 6.70. The summed E-state index contributed by atoms with van der Waals surface area (Å²) < 4.78 is 5.26. The van der Waals surface area contributed by atoms with Crippen molar-refractivity contribution in [2.24, 2.45) is 5.92 Å². The molecule has 2 aliphatic carbocycles. The van der Waals surface area contributed by atoms with Crippen LogP contribution < -0.4 is 4.74 Å². The Balaban J connectivity index is 2.03. The number of fused-ring (bicyclic) bond motifs is 1. The molecule has 1 unspecified atom stereocenters. The van der Waals surface area contributed by atoms with E-state index in [1.54, 1.807) is 12.7 Å². The maximum Gasteiger partial charge on any atom is 0.118 e. The van der Waals surface area contributed by atoms with Gasteiger partial charge in [-0.05, 0) is 49.0 Å². The minimum atomic E-state index is 0.246. The molecule has 0 spiro atoms. The van der Waals surface area contributed by atoms with Crippen LogP contribution >= 0.6 is 0 Å². The molecule has 0 heterocycles. The highest BCUT2D eigenvalue weighted by molar-refractivity contribution is 5.54. The zero-order valence-corrected chi connectivity index (χ0v) is 11.4. The second-order valence-corrected chi connectivity index (χ2v) is 5.66. The molecule has 0 radical (unpaired) electrons. The van der Waals surface area contributed by atoms with Gasteiger partial charge in [0.2, 0.25) is 0 Å². The standard InChI is InChI=1S/C17H20O/c1-12-10-16-13(2)8-9-17(16,11-12)14-4-6-15(18-3)7-5-14/h4-8,10,12H,9,11H2,1-3H3/t12-,17?/m0/s1. The lowest BCUT2D eigenvalue weighted by Gasteiger charge is -2.29. The first-order valence-electron chi connectivity index (χ1n) is 6.70. The van der Waals surface area contributed by atoms with Gasteiger partial charge >= 0.3 is 0 Å². The number of ether oxygens (including phenoxy) is 1. The molecule has 0 saturated heterocycles. The van der Waals surface area contributed by atoms with Gasteiger partial charge in [-0.25, -0.2) is 0 Å². The van der Waals surface area contributed by atoms with Crippen molar-refractivity contribution < 1.29 is 4.74 Å². The van der Waals surface area contributed by atoms with Crippen LogP contribution in [0.3, 0.4) is 0 Å². The normalized spacial score (nSPS) is 29.8. The molecule has 0 bridgehead atoms. The fraction of sp³-hybridized carbons (Fsp3) is 0.412. The molecule has 0 aliphatic heterocycles. The zero-order chi connectivity index (χ0) is 12.8. The van der Waals surface area contributed by atoms with Crippen molar-refractivity contribution in [2.45, 2.75) is 32.1 Å². The lowest BCUT2D eigenvalue weighted by molar-refractivity contribution is 0.413. The van der Waals surface area contributed by atoms with Crippen LogP contribution in [-0.2, 0) is 5.41 Å². The van der Waals surface area contributed by atoms with Gasteiger partial charge in [0.1, 0.15) is 5.75 Å². The molecule has 0 amide bonds. The second kappa shape index (κ2) is 4.01. The largest absolute Gasteiger partial charge is 0.497 e. The van der Waals surface area contributed by atoms with Crippen molar-refractivity contribution in [1.29, 1.82) is 0 Å². The third-order valence-corrected chi connectivity index (χ3v) is 4.46. The molecule has 1 aromatic rings. The average Bonchev–Trinajstić information content (AvgIpc) is 2.88. The maximum atomic E-state index is 5.26. The molecule has 3 rings (SSSR count). The monoisotopic (exact) mass is 240 g/mol. The number of rotatable bonds is 2. The molecule has 1 heteroatoms. The third kappa shape index (κ3) is 1.53. The predicted octanol–water partition coefficient (Wildman–Crippen LogP) is 4.25. The van der Waals surface area contributed by atoms with Crippen LogP contribution in [0.25, 0.3) is 0 Å². The van der Waals surface area contributed by atoms with Gasteiger partial charge in [-0.1, -0.05) is 36.8 Å². The van der Waals surface area contributed by atoms with Crippen molar-refractivity contribution >= 4 is 0 Å². The van der Waals surface area contributed by atoms with Crippen LogP contribution in [0.1, 0.15) is 32.3 Å². The summed E-state index contributed by atoms with van der Waals surface area (Å²) in [6.07, 6.45) is 7.24. The SMILES string of the molecule is COc1ccc(C23CC=C(C)C2=C[C@H](C)C3)cc1. The van der Waals surface area contributed by atoms with Gasteiger partial charge in [-0.15, -0.1) is 0 Å². The molecular formula is C17H20O. The van der Waals surface area contributed by atoms with Crippen molar-refractivity contribution in [3.8, 4) is 5.75 Å². The molecule has 94 valence electrons. The average molecular weight is 240 g/mol. The quantitative estimate of drug-likeness (QED) is 0.751. The van der Waals surface area contributed by atoms with Gasteiger partial charge in [0.05, 0.1) is 7.11 Å². The van der Waals surface area contributed by atoms with Gasteiger partial charge in [0.15, 0.2) is 0 Å². The molecule has 0 N–H and O–H groups in total. The third-order valence-electron chi connectivity index (χ3n) is 4.46. The fourth-order valence-electron chi connectivity index (χ4n) is 3.60. The van der Waals surface area contributed by atoms with E-state index in [0.717, 1.165) is 12.2 Å². The van der Waals surface area contributed by atoms with Crippen LogP contribution in [0.5, 0.6) is 5.75 Å². The summed E-state index contributed by atoms with van der Waals surface area (Å²) in [5.41, 5.74) is 4.71. The first kappa shape index (κ1) is 11.6. The Morgan fingerprint density at radius 2 is 1.94 bits per heavy atom. The molecule has 18 heavy (non-hydrogen) atoms. The van der Waals surface area contributed by atoms with Gasteiger partial charge in [0, 0.05) is 5.41 Å². The lowest BCUT2D eigenvalue weighted by atomic mass is 9.74. The van der Waals surface area contributed by atoms with E-state index in [0.29, 0.717) is 5.92 Å². The van der Waals surface area contributed by atoms with E-state index in [-0.39, 0.29) is 5.41 Å². The summed E-state index contributed by atoms with van der Waals surface area (Å²) in [7, 11) is 1.72. The lowest BCUT2D eigenvalue weighted by Crippen LogP contribution is -2.23. The van der Waals surface area contributed by atoms with E-state index >= 15 is 0 Å². The summed E-state index contributed by atoms with van der Waals surface area (Å²) >= 11 is 0. The zero-order valence-electron chi connectivity index (χ0n) is 11.4. The highest BCUT2D eigenvalue weighted by Crippen LogP contribution is 2.53. The van der Waals surface area contributed by atoms with E-state index in [1.165, 1.54) is 17.6 Å². The predicted molar refractivity (Wildman–Crippen MR) is 74.9 cm³/mol. The highest BCUT2D eigenvalue weighted by Gasteiger charge is 2.44. The van der Waals surface area contributed by atoms with Gasteiger partial charge in [-0.3, -0.25) is 0 Å². The molecule has 0 fully saturated rings. The number of methoxy groups -OCH3 is 1. The summed E-state index contributed by atoms with van der Waals surface area (Å²) in [5.74, 6) is 1.63. The van der Waals surface area contributed by atoms with Crippen LogP contribution in [0.15, 0.2) is 47.6 Å². The summed E-state index contributed by atoms with van der Waals surface area (Å²) in [5, 5.41) is 0. The minimum Gasteiger partial charge on any atom is -0.497 e. The Labute approximate surface area is 109 Å². The first-order chi connectivity index (χ1) is 8.65. The Kier molecular flexibility index (Phi) is 2.58.